The third-order valence-corrected chi connectivity index (χ3v) is 4.03. The lowest BCUT2D eigenvalue weighted by atomic mass is 10.1. The number of rotatable bonds is 2. The Kier molecular flexibility index (Phi) is 3.33. The van der Waals surface area contributed by atoms with Crippen LogP contribution in [0.4, 0.5) is 4.39 Å². The minimum absolute atomic E-state index is 0.231. The fourth-order valence-electron chi connectivity index (χ4n) is 2.13. The van der Waals surface area contributed by atoms with Gasteiger partial charge in [-0.3, -0.25) is 4.79 Å². The van der Waals surface area contributed by atoms with Crippen LogP contribution < -0.4 is 0 Å². The molecule has 3 aromatic rings. The molecule has 0 unspecified atom stereocenters. The Morgan fingerprint density at radius 3 is 2.70 bits per heavy atom. The molecular formula is C16H10FIO2. The molecule has 0 N–H and O–H groups in total. The molecule has 1 heterocycles. The van der Waals surface area contributed by atoms with E-state index in [9.17, 15) is 9.18 Å². The Hall–Kier alpha value is -1.69. The molecule has 100 valence electrons. The van der Waals surface area contributed by atoms with Crippen LogP contribution in [0.1, 0.15) is 21.7 Å². The van der Waals surface area contributed by atoms with Crippen LogP contribution in [0.15, 0.2) is 46.9 Å². The Bertz CT molecular complexity index is 820. The van der Waals surface area contributed by atoms with Gasteiger partial charge >= 0.3 is 0 Å². The maximum Gasteiger partial charge on any atom is 0.229 e. The molecule has 2 aromatic carbocycles. The average molecular weight is 380 g/mol. The first-order valence-electron chi connectivity index (χ1n) is 6.05. The fourth-order valence-corrected chi connectivity index (χ4v) is 2.85. The lowest BCUT2D eigenvalue weighted by molar-refractivity contribution is 0.101. The fraction of sp³-hybridized carbons (Fsp3) is 0.0625. The van der Waals surface area contributed by atoms with Crippen molar-refractivity contribution < 1.29 is 13.6 Å². The van der Waals surface area contributed by atoms with Gasteiger partial charge in [0.25, 0.3) is 0 Å². The summed E-state index contributed by atoms with van der Waals surface area (Å²) in [5.41, 5.74) is 2.15. The zero-order valence-corrected chi connectivity index (χ0v) is 12.8. The van der Waals surface area contributed by atoms with E-state index < -0.39 is 0 Å². The summed E-state index contributed by atoms with van der Waals surface area (Å²) in [6.45, 7) is 1.93. The van der Waals surface area contributed by atoms with E-state index in [1.807, 2.05) is 47.7 Å². The number of ketones is 1. The van der Waals surface area contributed by atoms with Gasteiger partial charge in [-0.05, 0) is 59.3 Å². The van der Waals surface area contributed by atoms with Gasteiger partial charge in [0.15, 0.2) is 5.76 Å². The normalized spacial score (nSPS) is 10.9. The molecule has 0 aliphatic heterocycles. The van der Waals surface area contributed by atoms with Crippen LogP contribution in [0.5, 0.6) is 0 Å². The molecule has 0 fully saturated rings. The predicted molar refractivity (Wildman–Crippen MR) is 83.5 cm³/mol. The highest BCUT2D eigenvalue weighted by molar-refractivity contribution is 14.1. The number of fused-ring (bicyclic) bond motifs is 1. The van der Waals surface area contributed by atoms with Crippen LogP contribution in [0.25, 0.3) is 11.0 Å². The molecule has 0 bridgehead atoms. The van der Waals surface area contributed by atoms with E-state index in [1.54, 1.807) is 6.07 Å². The number of aryl methyl sites for hydroxylation is 1. The lowest BCUT2D eigenvalue weighted by Crippen LogP contribution is -2.02. The van der Waals surface area contributed by atoms with Crippen molar-refractivity contribution in [3.8, 4) is 0 Å². The summed E-state index contributed by atoms with van der Waals surface area (Å²) in [7, 11) is 0. The first kappa shape index (κ1) is 13.3. The van der Waals surface area contributed by atoms with Crippen molar-refractivity contribution >= 4 is 39.3 Å². The molecule has 20 heavy (non-hydrogen) atoms. The van der Waals surface area contributed by atoms with E-state index in [0.29, 0.717) is 14.7 Å². The van der Waals surface area contributed by atoms with Crippen molar-refractivity contribution in [2.75, 3.05) is 0 Å². The highest BCUT2D eigenvalue weighted by Crippen LogP contribution is 2.25. The van der Waals surface area contributed by atoms with Crippen LogP contribution in [-0.4, -0.2) is 5.78 Å². The summed E-state index contributed by atoms with van der Waals surface area (Å²) in [5, 5.41) is 0.894. The van der Waals surface area contributed by atoms with Gasteiger partial charge in [-0.25, -0.2) is 4.39 Å². The largest absolute Gasteiger partial charge is 0.452 e. The van der Waals surface area contributed by atoms with Gasteiger partial charge < -0.3 is 4.42 Å². The van der Waals surface area contributed by atoms with Gasteiger partial charge in [0.05, 0.1) is 0 Å². The van der Waals surface area contributed by atoms with Crippen LogP contribution in [0.3, 0.4) is 0 Å². The number of carbonyl (C=O) groups is 1. The van der Waals surface area contributed by atoms with E-state index in [1.165, 1.54) is 18.2 Å². The Morgan fingerprint density at radius 1 is 1.20 bits per heavy atom. The number of hydrogen-bond acceptors (Lipinski definition) is 2. The maximum absolute atomic E-state index is 13.1. The summed E-state index contributed by atoms with van der Waals surface area (Å²) < 4.78 is 19.3. The standard InChI is InChI=1S/C16H10FIO2/c1-9-3-2-4-10-7-14(20-16(9)10)15(19)12-6-5-11(17)8-13(12)18/h2-8H,1H3. The molecule has 0 saturated carbocycles. The number of halogens is 2. The van der Waals surface area contributed by atoms with E-state index in [0.717, 1.165) is 10.9 Å². The van der Waals surface area contributed by atoms with Crippen molar-refractivity contribution in [1.82, 2.24) is 0 Å². The van der Waals surface area contributed by atoms with E-state index >= 15 is 0 Å². The summed E-state index contributed by atoms with van der Waals surface area (Å²) in [6, 6.07) is 11.6. The molecule has 0 amide bonds. The Balaban J connectivity index is 2.10. The molecule has 0 spiro atoms. The number of furan rings is 1. The Morgan fingerprint density at radius 2 is 2.00 bits per heavy atom. The van der Waals surface area contributed by atoms with Gasteiger partial charge in [0, 0.05) is 14.5 Å². The first-order valence-corrected chi connectivity index (χ1v) is 7.13. The number of para-hydroxylation sites is 1. The maximum atomic E-state index is 13.1. The zero-order chi connectivity index (χ0) is 14.3. The minimum atomic E-state index is -0.355. The second kappa shape index (κ2) is 5.01. The monoisotopic (exact) mass is 380 g/mol. The summed E-state index contributed by atoms with van der Waals surface area (Å²) in [4.78, 5) is 12.4. The molecular weight excluding hydrogens is 370 g/mol. The molecule has 2 nitrogen and oxygen atoms in total. The van der Waals surface area contributed by atoms with E-state index in [-0.39, 0.29) is 17.4 Å². The highest BCUT2D eigenvalue weighted by Gasteiger charge is 2.18. The first-order chi connectivity index (χ1) is 9.56. The second-order valence-electron chi connectivity index (χ2n) is 4.56. The quantitative estimate of drug-likeness (QED) is 0.476. The van der Waals surface area contributed by atoms with Crippen LogP contribution in [-0.2, 0) is 0 Å². The number of benzene rings is 2. The predicted octanol–water partition coefficient (Wildman–Crippen LogP) is 4.72. The molecule has 0 aliphatic rings. The van der Waals surface area contributed by atoms with Crippen molar-refractivity contribution in [2.45, 2.75) is 6.92 Å². The van der Waals surface area contributed by atoms with Crippen molar-refractivity contribution in [2.24, 2.45) is 0 Å². The number of carbonyl (C=O) groups excluding carboxylic acids is 1. The topological polar surface area (TPSA) is 30.2 Å². The number of hydrogen-bond donors (Lipinski definition) is 0. The molecule has 3 rings (SSSR count). The third kappa shape index (κ3) is 2.24. The minimum Gasteiger partial charge on any atom is -0.452 e. The van der Waals surface area contributed by atoms with E-state index in [4.69, 9.17) is 4.42 Å². The average Bonchev–Trinajstić information content (AvgIpc) is 2.83. The second-order valence-corrected chi connectivity index (χ2v) is 5.72. The molecule has 0 saturated heterocycles. The zero-order valence-electron chi connectivity index (χ0n) is 10.6. The van der Waals surface area contributed by atoms with Crippen LogP contribution >= 0.6 is 22.6 Å². The van der Waals surface area contributed by atoms with E-state index in [2.05, 4.69) is 0 Å². The third-order valence-electron chi connectivity index (χ3n) is 3.14. The smallest absolute Gasteiger partial charge is 0.229 e. The molecule has 0 aliphatic carbocycles. The highest BCUT2D eigenvalue weighted by atomic mass is 127. The summed E-state index contributed by atoms with van der Waals surface area (Å²) >= 11 is 1.95. The van der Waals surface area contributed by atoms with Gasteiger partial charge in [-0.15, -0.1) is 0 Å². The lowest BCUT2D eigenvalue weighted by Gasteiger charge is -2.01. The molecule has 1 aromatic heterocycles. The van der Waals surface area contributed by atoms with Gasteiger partial charge in [0.1, 0.15) is 11.4 Å². The van der Waals surface area contributed by atoms with Gasteiger partial charge in [0.2, 0.25) is 5.78 Å². The van der Waals surface area contributed by atoms with Crippen LogP contribution in [0.2, 0.25) is 0 Å². The Labute approximate surface area is 128 Å². The van der Waals surface area contributed by atoms with Gasteiger partial charge in [-0.2, -0.15) is 0 Å². The van der Waals surface area contributed by atoms with Crippen molar-refractivity contribution in [3.05, 3.63) is 68.7 Å². The summed E-state index contributed by atoms with van der Waals surface area (Å²) in [6.07, 6.45) is 0. The van der Waals surface area contributed by atoms with Crippen molar-refractivity contribution in [3.63, 3.8) is 0 Å². The van der Waals surface area contributed by atoms with Crippen LogP contribution in [0, 0.1) is 16.3 Å². The summed E-state index contributed by atoms with van der Waals surface area (Å²) in [5.74, 6) is -0.310. The van der Waals surface area contributed by atoms with Gasteiger partial charge in [-0.1, -0.05) is 18.2 Å². The SMILES string of the molecule is Cc1cccc2cc(C(=O)c3ccc(F)cc3I)oc12. The van der Waals surface area contributed by atoms with Crippen molar-refractivity contribution in [1.29, 1.82) is 0 Å². The molecule has 4 heteroatoms. The molecule has 0 atom stereocenters. The molecule has 0 radical (unpaired) electrons.